The highest BCUT2D eigenvalue weighted by atomic mass is 32.1. The number of nitrogens with zero attached hydrogens (tertiary/aromatic N) is 2. The number of aromatic nitrogens is 2. The molecule has 0 radical (unpaired) electrons. The first-order valence-corrected chi connectivity index (χ1v) is 4.40. The van der Waals surface area contributed by atoms with Gasteiger partial charge in [0, 0.05) is 12.7 Å². The van der Waals surface area contributed by atoms with Crippen molar-refractivity contribution in [2.75, 3.05) is 5.75 Å². The van der Waals surface area contributed by atoms with Crippen LogP contribution in [0, 0.1) is 13.8 Å². The zero-order valence-corrected chi connectivity index (χ0v) is 8.15. The molecule has 0 bridgehead atoms. The van der Waals surface area contributed by atoms with E-state index in [0.29, 0.717) is 0 Å². The molecule has 1 rings (SSSR count). The third-order valence-electron chi connectivity index (χ3n) is 2.02. The number of hydrogen-bond acceptors (Lipinski definition) is 2. The molecule has 0 saturated heterocycles. The maximum Gasteiger partial charge on any atom is 0.0628 e. The van der Waals surface area contributed by atoms with Crippen molar-refractivity contribution >= 4 is 12.6 Å². The standard InChI is InChI=1S/C8H14N2S/c1-6-8(4-5-11)7(2)10(3)9-6/h11H,4-5H2,1-3H3. The highest BCUT2D eigenvalue weighted by molar-refractivity contribution is 7.80. The van der Waals surface area contributed by atoms with Crippen molar-refractivity contribution in [1.29, 1.82) is 0 Å². The monoisotopic (exact) mass is 170 g/mol. The van der Waals surface area contributed by atoms with Crippen molar-refractivity contribution in [3.05, 3.63) is 17.0 Å². The third-order valence-corrected chi connectivity index (χ3v) is 2.24. The van der Waals surface area contributed by atoms with Crippen LogP contribution in [0.5, 0.6) is 0 Å². The smallest absolute Gasteiger partial charge is 0.0628 e. The highest BCUT2D eigenvalue weighted by Gasteiger charge is 2.06. The Hall–Kier alpha value is -0.440. The van der Waals surface area contributed by atoms with Gasteiger partial charge >= 0.3 is 0 Å². The molecule has 0 aliphatic heterocycles. The lowest BCUT2D eigenvalue weighted by Crippen LogP contribution is -1.94. The van der Waals surface area contributed by atoms with Crippen LogP contribution in [0.1, 0.15) is 17.0 Å². The Morgan fingerprint density at radius 2 is 2.09 bits per heavy atom. The summed E-state index contributed by atoms with van der Waals surface area (Å²) in [6, 6.07) is 0. The topological polar surface area (TPSA) is 17.8 Å². The van der Waals surface area contributed by atoms with Crippen molar-refractivity contribution in [1.82, 2.24) is 9.78 Å². The maximum atomic E-state index is 4.31. The van der Waals surface area contributed by atoms with E-state index >= 15 is 0 Å². The van der Waals surface area contributed by atoms with Crippen molar-refractivity contribution in [2.45, 2.75) is 20.3 Å². The summed E-state index contributed by atoms with van der Waals surface area (Å²) in [5.41, 5.74) is 3.75. The summed E-state index contributed by atoms with van der Waals surface area (Å²) in [7, 11) is 1.98. The van der Waals surface area contributed by atoms with E-state index in [1.807, 2.05) is 18.7 Å². The molecule has 0 amide bonds. The molecule has 0 saturated carbocycles. The summed E-state index contributed by atoms with van der Waals surface area (Å²) >= 11 is 4.20. The molecule has 0 aliphatic carbocycles. The second-order valence-corrected chi connectivity index (χ2v) is 3.19. The Kier molecular flexibility index (Phi) is 2.60. The second kappa shape index (κ2) is 3.30. The van der Waals surface area contributed by atoms with Crippen LogP contribution in [-0.4, -0.2) is 15.5 Å². The Morgan fingerprint density at radius 1 is 1.45 bits per heavy atom. The lowest BCUT2D eigenvalue weighted by Gasteiger charge is -1.97. The lowest BCUT2D eigenvalue weighted by molar-refractivity contribution is 0.730. The van der Waals surface area contributed by atoms with Gasteiger partial charge in [-0.15, -0.1) is 0 Å². The van der Waals surface area contributed by atoms with E-state index in [9.17, 15) is 0 Å². The Balaban J connectivity index is 3.02. The first-order chi connectivity index (χ1) is 5.16. The van der Waals surface area contributed by atoms with E-state index in [-0.39, 0.29) is 0 Å². The Bertz CT molecular complexity index is 253. The second-order valence-electron chi connectivity index (χ2n) is 2.75. The molecule has 1 aromatic rings. The van der Waals surface area contributed by atoms with Gasteiger partial charge in [-0.05, 0) is 31.6 Å². The van der Waals surface area contributed by atoms with Gasteiger partial charge in [-0.2, -0.15) is 17.7 Å². The number of aryl methyl sites for hydroxylation is 2. The van der Waals surface area contributed by atoms with Crippen LogP contribution in [0.3, 0.4) is 0 Å². The first-order valence-electron chi connectivity index (χ1n) is 3.76. The molecule has 2 nitrogen and oxygen atoms in total. The fraction of sp³-hybridized carbons (Fsp3) is 0.625. The summed E-state index contributed by atoms with van der Waals surface area (Å²) in [5, 5.41) is 4.31. The summed E-state index contributed by atoms with van der Waals surface area (Å²) in [6.07, 6.45) is 1.02. The van der Waals surface area contributed by atoms with Gasteiger partial charge in [-0.25, -0.2) is 0 Å². The van der Waals surface area contributed by atoms with Gasteiger partial charge in [0.1, 0.15) is 0 Å². The van der Waals surface area contributed by atoms with Crippen LogP contribution in [0.4, 0.5) is 0 Å². The number of rotatable bonds is 2. The van der Waals surface area contributed by atoms with Crippen LogP contribution < -0.4 is 0 Å². The van der Waals surface area contributed by atoms with Gasteiger partial charge in [0.15, 0.2) is 0 Å². The predicted octanol–water partition coefficient (Wildman–Crippen LogP) is 1.51. The molecule has 0 aromatic carbocycles. The molecule has 1 aromatic heterocycles. The Labute approximate surface area is 73.0 Å². The van der Waals surface area contributed by atoms with E-state index < -0.39 is 0 Å². The summed E-state index contributed by atoms with van der Waals surface area (Å²) in [6.45, 7) is 4.14. The molecule has 1 heterocycles. The van der Waals surface area contributed by atoms with Crippen LogP contribution >= 0.6 is 12.6 Å². The highest BCUT2D eigenvalue weighted by Crippen LogP contribution is 2.12. The van der Waals surface area contributed by atoms with Crippen molar-refractivity contribution in [3.63, 3.8) is 0 Å². The SMILES string of the molecule is Cc1nn(C)c(C)c1CCS. The third kappa shape index (κ3) is 1.59. The molecule has 0 aliphatic rings. The fourth-order valence-corrected chi connectivity index (χ4v) is 1.51. The minimum absolute atomic E-state index is 0.896. The van der Waals surface area contributed by atoms with Crippen LogP contribution in [0.15, 0.2) is 0 Å². The number of thiol groups is 1. The minimum atomic E-state index is 0.896. The van der Waals surface area contributed by atoms with Crippen LogP contribution in [-0.2, 0) is 13.5 Å². The zero-order valence-electron chi connectivity index (χ0n) is 7.26. The molecule has 0 fully saturated rings. The lowest BCUT2D eigenvalue weighted by atomic mass is 10.1. The van der Waals surface area contributed by atoms with Crippen LogP contribution in [0.2, 0.25) is 0 Å². The quantitative estimate of drug-likeness (QED) is 0.666. The number of hydrogen-bond donors (Lipinski definition) is 1. The summed E-state index contributed by atoms with van der Waals surface area (Å²) < 4.78 is 1.92. The van der Waals surface area contributed by atoms with E-state index in [2.05, 4.69) is 24.7 Å². The van der Waals surface area contributed by atoms with E-state index in [1.54, 1.807) is 0 Å². The largest absolute Gasteiger partial charge is 0.272 e. The first kappa shape index (κ1) is 8.65. The molecule has 0 atom stereocenters. The van der Waals surface area contributed by atoms with Gasteiger partial charge in [-0.1, -0.05) is 0 Å². The Morgan fingerprint density at radius 3 is 2.45 bits per heavy atom. The van der Waals surface area contributed by atoms with Crippen LogP contribution in [0.25, 0.3) is 0 Å². The van der Waals surface area contributed by atoms with Gasteiger partial charge in [-0.3, -0.25) is 4.68 Å². The summed E-state index contributed by atoms with van der Waals surface area (Å²) in [4.78, 5) is 0. The summed E-state index contributed by atoms with van der Waals surface area (Å²) in [5.74, 6) is 0.896. The van der Waals surface area contributed by atoms with Crippen molar-refractivity contribution in [3.8, 4) is 0 Å². The molecule has 11 heavy (non-hydrogen) atoms. The van der Waals surface area contributed by atoms with E-state index in [4.69, 9.17) is 0 Å². The predicted molar refractivity (Wildman–Crippen MR) is 50.2 cm³/mol. The molecular weight excluding hydrogens is 156 g/mol. The zero-order chi connectivity index (χ0) is 8.43. The van der Waals surface area contributed by atoms with Crippen molar-refractivity contribution in [2.24, 2.45) is 7.05 Å². The van der Waals surface area contributed by atoms with Gasteiger partial charge in [0.2, 0.25) is 0 Å². The van der Waals surface area contributed by atoms with Gasteiger partial charge in [0.25, 0.3) is 0 Å². The average Bonchev–Trinajstić information content (AvgIpc) is 2.17. The minimum Gasteiger partial charge on any atom is -0.272 e. The fourth-order valence-electron chi connectivity index (χ4n) is 1.29. The van der Waals surface area contributed by atoms with Crippen molar-refractivity contribution < 1.29 is 0 Å². The van der Waals surface area contributed by atoms with Gasteiger partial charge < -0.3 is 0 Å². The molecule has 62 valence electrons. The molecule has 0 N–H and O–H groups in total. The van der Waals surface area contributed by atoms with Gasteiger partial charge in [0.05, 0.1) is 5.69 Å². The van der Waals surface area contributed by atoms with E-state index in [1.165, 1.54) is 11.3 Å². The molecule has 3 heteroatoms. The van der Waals surface area contributed by atoms with E-state index in [0.717, 1.165) is 17.9 Å². The molecule has 0 unspecified atom stereocenters. The average molecular weight is 170 g/mol. The molecular formula is C8H14N2S. The normalized spacial score (nSPS) is 10.5. The maximum absolute atomic E-state index is 4.31. The molecule has 0 spiro atoms.